The maximum atomic E-state index is 12.1. The van der Waals surface area contributed by atoms with Crippen molar-refractivity contribution >= 4 is 12.0 Å². The molecule has 1 fully saturated rings. The number of rotatable bonds is 8. The lowest BCUT2D eigenvalue weighted by Crippen LogP contribution is -2.47. The van der Waals surface area contributed by atoms with Crippen LogP contribution in [-0.2, 0) is 4.79 Å². The highest BCUT2D eigenvalue weighted by molar-refractivity contribution is 5.74. The van der Waals surface area contributed by atoms with E-state index in [0.717, 1.165) is 32.1 Å². The Hall–Kier alpha value is -1.26. The molecule has 0 radical (unpaired) electrons. The fourth-order valence-corrected chi connectivity index (χ4v) is 3.10. The van der Waals surface area contributed by atoms with Crippen LogP contribution in [0.2, 0.25) is 0 Å². The predicted molar refractivity (Wildman–Crippen MR) is 83.3 cm³/mol. The van der Waals surface area contributed by atoms with E-state index in [-0.39, 0.29) is 12.5 Å². The molecule has 0 spiro atoms. The van der Waals surface area contributed by atoms with Crippen molar-refractivity contribution in [3.8, 4) is 0 Å². The summed E-state index contributed by atoms with van der Waals surface area (Å²) in [5.41, 5.74) is 0. The van der Waals surface area contributed by atoms with E-state index in [1.807, 2.05) is 11.9 Å². The Morgan fingerprint density at radius 2 is 1.81 bits per heavy atom. The van der Waals surface area contributed by atoms with Crippen molar-refractivity contribution in [3.05, 3.63) is 0 Å². The molecule has 5 nitrogen and oxygen atoms in total. The Bertz CT molecular complexity index is 333. The summed E-state index contributed by atoms with van der Waals surface area (Å²) in [7, 11) is 1.90. The van der Waals surface area contributed by atoms with Crippen LogP contribution in [0.15, 0.2) is 0 Å². The zero-order valence-corrected chi connectivity index (χ0v) is 13.4. The Labute approximate surface area is 128 Å². The Kier molecular flexibility index (Phi) is 8.16. The molecule has 2 N–H and O–H groups in total. The van der Waals surface area contributed by atoms with Gasteiger partial charge in [0.25, 0.3) is 0 Å². The maximum absolute atomic E-state index is 12.1. The number of unbranched alkanes of at least 4 members (excludes halogenated alkanes) is 3. The molecule has 21 heavy (non-hydrogen) atoms. The number of carboxylic acid groups (broad SMARTS) is 1. The summed E-state index contributed by atoms with van der Waals surface area (Å²) < 4.78 is 0. The average molecular weight is 298 g/mol. The molecule has 0 bridgehead atoms. The summed E-state index contributed by atoms with van der Waals surface area (Å²) in [5, 5.41) is 11.5. The molecule has 2 unspecified atom stereocenters. The standard InChI is InChI=1S/C16H30N2O3/c1-13-9-6-7-10-14(13)18(2)16(21)17-12-8-4-3-5-11-15(19)20/h13-14H,3-12H2,1-2H3,(H,17,21)(H,19,20). The highest BCUT2D eigenvalue weighted by atomic mass is 16.4. The van der Waals surface area contributed by atoms with E-state index in [0.29, 0.717) is 18.5 Å². The molecule has 1 rings (SSSR count). The SMILES string of the molecule is CC1CCCCC1N(C)C(=O)NCCCCCCC(=O)O. The number of aliphatic carboxylic acids is 1. The lowest BCUT2D eigenvalue weighted by atomic mass is 9.85. The third-order valence-corrected chi connectivity index (χ3v) is 4.48. The van der Waals surface area contributed by atoms with Gasteiger partial charge < -0.3 is 15.3 Å². The third-order valence-electron chi connectivity index (χ3n) is 4.48. The maximum Gasteiger partial charge on any atom is 0.317 e. The molecule has 0 aromatic carbocycles. The lowest BCUT2D eigenvalue weighted by Gasteiger charge is -2.36. The first-order chi connectivity index (χ1) is 10.0. The number of hydrogen-bond acceptors (Lipinski definition) is 2. The van der Waals surface area contributed by atoms with Crippen molar-refractivity contribution in [2.75, 3.05) is 13.6 Å². The number of urea groups is 1. The minimum absolute atomic E-state index is 0.0271. The first-order valence-electron chi connectivity index (χ1n) is 8.25. The second kappa shape index (κ2) is 9.64. The van der Waals surface area contributed by atoms with Crippen LogP contribution in [0.4, 0.5) is 4.79 Å². The van der Waals surface area contributed by atoms with Gasteiger partial charge >= 0.3 is 12.0 Å². The van der Waals surface area contributed by atoms with Crippen LogP contribution in [0.25, 0.3) is 0 Å². The molecule has 2 amide bonds. The lowest BCUT2D eigenvalue weighted by molar-refractivity contribution is -0.137. The number of amides is 2. The van der Waals surface area contributed by atoms with Crippen molar-refractivity contribution in [2.45, 2.75) is 70.8 Å². The predicted octanol–water partition coefficient (Wildman–Crippen LogP) is 3.24. The number of nitrogens with one attached hydrogen (secondary N) is 1. The van der Waals surface area contributed by atoms with Crippen molar-refractivity contribution in [3.63, 3.8) is 0 Å². The third kappa shape index (κ3) is 6.82. The molecule has 122 valence electrons. The quantitative estimate of drug-likeness (QED) is 0.676. The summed E-state index contributed by atoms with van der Waals surface area (Å²) in [6.45, 7) is 2.91. The topological polar surface area (TPSA) is 69.6 Å². The van der Waals surface area contributed by atoms with Gasteiger partial charge in [-0.15, -0.1) is 0 Å². The van der Waals surface area contributed by atoms with Crippen molar-refractivity contribution < 1.29 is 14.7 Å². The van der Waals surface area contributed by atoms with Crippen LogP contribution in [0.1, 0.15) is 64.7 Å². The van der Waals surface area contributed by atoms with Crippen LogP contribution in [0.3, 0.4) is 0 Å². The van der Waals surface area contributed by atoms with E-state index in [2.05, 4.69) is 12.2 Å². The fraction of sp³-hybridized carbons (Fsp3) is 0.875. The van der Waals surface area contributed by atoms with E-state index in [1.165, 1.54) is 19.3 Å². The van der Waals surface area contributed by atoms with Gasteiger partial charge in [-0.2, -0.15) is 0 Å². The van der Waals surface area contributed by atoms with Crippen LogP contribution < -0.4 is 5.32 Å². The molecule has 1 saturated carbocycles. The summed E-state index contributed by atoms with van der Waals surface area (Å²) in [5.74, 6) is -0.142. The van der Waals surface area contributed by atoms with Gasteiger partial charge in [0.15, 0.2) is 0 Å². The normalized spacial score (nSPS) is 21.8. The number of carbonyl (C=O) groups is 2. The van der Waals surface area contributed by atoms with Crippen LogP contribution in [0, 0.1) is 5.92 Å². The van der Waals surface area contributed by atoms with E-state index in [9.17, 15) is 9.59 Å². The van der Waals surface area contributed by atoms with Gasteiger partial charge in [-0.25, -0.2) is 4.79 Å². The van der Waals surface area contributed by atoms with E-state index < -0.39 is 5.97 Å². The van der Waals surface area contributed by atoms with Crippen LogP contribution >= 0.6 is 0 Å². The van der Waals surface area contributed by atoms with E-state index in [4.69, 9.17) is 5.11 Å². The monoisotopic (exact) mass is 298 g/mol. The van der Waals surface area contributed by atoms with Gasteiger partial charge in [-0.1, -0.05) is 32.6 Å². The average Bonchev–Trinajstić information content (AvgIpc) is 2.45. The van der Waals surface area contributed by atoms with Gasteiger partial charge in [0.2, 0.25) is 0 Å². The number of hydrogen-bond donors (Lipinski definition) is 2. The first-order valence-corrected chi connectivity index (χ1v) is 8.25. The molecule has 2 atom stereocenters. The summed E-state index contributed by atoms with van der Waals surface area (Å²) in [6.07, 6.45) is 8.59. The fourth-order valence-electron chi connectivity index (χ4n) is 3.10. The summed E-state index contributed by atoms with van der Waals surface area (Å²) in [6, 6.07) is 0.397. The molecule has 0 aliphatic heterocycles. The number of carbonyl (C=O) groups excluding carboxylic acids is 1. The molecule has 0 aromatic heterocycles. The van der Waals surface area contributed by atoms with Crippen LogP contribution in [-0.4, -0.2) is 41.6 Å². The zero-order chi connectivity index (χ0) is 15.7. The van der Waals surface area contributed by atoms with Crippen molar-refractivity contribution in [1.29, 1.82) is 0 Å². The minimum Gasteiger partial charge on any atom is -0.481 e. The smallest absolute Gasteiger partial charge is 0.317 e. The van der Waals surface area contributed by atoms with E-state index >= 15 is 0 Å². The largest absolute Gasteiger partial charge is 0.481 e. The van der Waals surface area contributed by atoms with Gasteiger partial charge in [-0.3, -0.25) is 4.79 Å². The van der Waals surface area contributed by atoms with Gasteiger partial charge in [0.1, 0.15) is 0 Å². The molecule has 0 aromatic rings. The highest BCUT2D eigenvalue weighted by Gasteiger charge is 2.27. The minimum atomic E-state index is -0.730. The van der Waals surface area contributed by atoms with Crippen molar-refractivity contribution in [1.82, 2.24) is 10.2 Å². The molecular weight excluding hydrogens is 268 g/mol. The molecule has 0 saturated heterocycles. The summed E-state index contributed by atoms with van der Waals surface area (Å²) >= 11 is 0. The van der Waals surface area contributed by atoms with Crippen molar-refractivity contribution in [2.24, 2.45) is 5.92 Å². The Morgan fingerprint density at radius 1 is 1.14 bits per heavy atom. The number of carboxylic acids is 1. The Balaban J connectivity index is 2.11. The molecule has 5 heteroatoms. The molecular formula is C16H30N2O3. The Morgan fingerprint density at radius 3 is 2.48 bits per heavy atom. The highest BCUT2D eigenvalue weighted by Crippen LogP contribution is 2.27. The molecule has 1 aliphatic rings. The zero-order valence-electron chi connectivity index (χ0n) is 13.4. The van der Waals surface area contributed by atoms with E-state index in [1.54, 1.807) is 0 Å². The second-order valence-corrected chi connectivity index (χ2v) is 6.23. The summed E-state index contributed by atoms with van der Waals surface area (Å²) in [4.78, 5) is 24.3. The van der Waals surface area contributed by atoms with Crippen LogP contribution in [0.5, 0.6) is 0 Å². The van der Waals surface area contributed by atoms with Gasteiger partial charge in [0.05, 0.1) is 0 Å². The number of nitrogens with zero attached hydrogens (tertiary/aromatic N) is 1. The molecule has 0 heterocycles. The van der Waals surface area contributed by atoms with Gasteiger partial charge in [-0.05, 0) is 31.6 Å². The first kappa shape index (κ1) is 17.8. The van der Waals surface area contributed by atoms with Gasteiger partial charge in [0, 0.05) is 26.1 Å². The second-order valence-electron chi connectivity index (χ2n) is 6.23. The molecule has 1 aliphatic carbocycles.